The van der Waals surface area contributed by atoms with Crippen molar-refractivity contribution in [2.24, 2.45) is 0 Å². The van der Waals surface area contributed by atoms with E-state index in [2.05, 4.69) is 19.2 Å². The monoisotopic (exact) mass is 346 g/mol. The minimum atomic E-state index is -0.694. The molecule has 0 radical (unpaired) electrons. The topological polar surface area (TPSA) is 81.5 Å². The molecule has 1 N–H and O–H groups in total. The molecule has 0 spiro atoms. The molecule has 0 aliphatic rings. The molecule has 1 atom stereocenters. The van der Waals surface area contributed by atoms with Crippen molar-refractivity contribution < 1.29 is 18.8 Å². The summed E-state index contributed by atoms with van der Waals surface area (Å²) in [6.45, 7) is 3.76. The zero-order valence-corrected chi connectivity index (χ0v) is 14.0. The van der Waals surface area contributed by atoms with Crippen molar-refractivity contribution in [1.29, 1.82) is 0 Å². The van der Waals surface area contributed by atoms with Crippen LogP contribution in [0.5, 0.6) is 5.75 Å². The van der Waals surface area contributed by atoms with Gasteiger partial charge in [0.25, 0.3) is 5.91 Å². The van der Waals surface area contributed by atoms with Gasteiger partial charge in [-0.15, -0.1) is 0 Å². The second-order valence-electron chi connectivity index (χ2n) is 5.64. The number of nitrogens with one attached hydrogen (secondary N) is 1. The van der Waals surface area contributed by atoms with Gasteiger partial charge in [0.05, 0.1) is 4.92 Å². The number of nitrogens with zero attached hydrogens (tertiary/aromatic N) is 1. The van der Waals surface area contributed by atoms with Crippen LogP contribution in [0.15, 0.2) is 42.5 Å². The number of carbonyl (C=O) groups is 1. The number of hydrogen-bond donors (Lipinski definition) is 1. The average Bonchev–Trinajstić information content (AvgIpc) is 2.59. The highest BCUT2D eigenvalue weighted by atomic mass is 19.1. The fourth-order valence-electron chi connectivity index (χ4n) is 2.23. The molecular weight excluding hydrogens is 327 g/mol. The highest BCUT2D eigenvalue weighted by Crippen LogP contribution is 2.27. The first kappa shape index (κ1) is 18.4. The zero-order valence-electron chi connectivity index (χ0n) is 14.0. The normalized spacial score (nSPS) is 11.6. The third-order valence-electron chi connectivity index (χ3n) is 3.85. The van der Waals surface area contributed by atoms with Gasteiger partial charge in [0.15, 0.2) is 6.61 Å². The van der Waals surface area contributed by atoms with Gasteiger partial charge in [0, 0.05) is 17.8 Å². The van der Waals surface area contributed by atoms with Crippen LogP contribution in [-0.2, 0) is 4.79 Å². The van der Waals surface area contributed by atoms with E-state index in [4.69, 9.17) is 4.74 Å². The maximum Gasteiger partial charge on any atom is 0.311 e. The molecule has 0 fully saturated rings. The summed E-state index contributed by atoms with van der Waals surface area (Å²) in [6.07, 6.45) is 1.02. The van der Waals surface area contributed by atoms with Crippen LogP contribution in [0.4, 0.5) is 15.8 Å². The molecule has 2 aromatic rings. The summed E-state index contributed by atoms with van der Waals surface area (Å²) in [5.41, 5.74) is 1.37. The molecule has 2 rings (SSSR count). The van der Waals surface area contributed by atoms with E-state index in [0.717, 1.165) is 24.6 Å². The van der Waals surface area contributed by atoms with Gasteiger partial charge in [-0.25, -0.2) is 4.39 Å². The fraction of sp³-hybridized carbons (Fsp3) is 0.278. The van der Waals surface area contributed by atoms with Gasteiger partial charge in [0.1, 0.15) is 5.82 Å². The first-order valence-corrected chi connectivity index (χ1v) is 7.87. The Labute approximate surface area is 144 Å². The van der Waals surface area contributed by atoms with Gasteiger partial charge in [0.2, 0.25) is 5.75 Å². The lowest BCUT2D eigenvalue weighted by Gasteiger charge is -2.11. The minimum absolute atomic E-state index is 0.285. The van der Waals surface area contributed by atoms with E-state index in [1.165, 1.54) is 5.56 Å². The Hall–Kier alpha value is -2.96. The van der Waals surface area contributed by atoms with Crippen LogP contribution in [0.2, 0.25) is 0 Å². The Balaban J connectivity index is 1.97. The third kappa shape index (κ3) is 5.00. The van der Waals surface area contributed by atoms with Gasteiger partial charge in [-0.05, 0) is 36.1 Å². The summed E-state index contributed by atoms with van der Waals surface area (Å²) in [7, 11) is 0. The van der Waals surface area contributed by atoms with Crippen LogP contribution in [-0.4, -0.2) is 17.4 Å². The molecule has 0 saturated carbocycles. The lowest BCUT2D eigenvalue weighted by molar-refractivity contribution is -0.385. The van der Waals surface area contributed by atoms with E-state index in [1.54, 1.807) is 12.1 Å². The molecule has 1 amide bonds. The van der Waals surface area contributed by atoms with Crippen LogP contribution in [0.1, 0.15) is 31.7 Å². The number of rotatable bonds is 7. The number of halogens is 1. The lowest BCUT2D eigenvalue weighted by atomic mass is 9.99. The van der Waals surface area contributed by atoms with Gasteiger partial charge >= 0.3 is 5.69 Å². The summed E-state index contributed by atoms with van der Waals surface area (Å²) in [4.78, 5) is 22.1. The fourth-order valence-corrected chi connectivity index (χ4v) is 2.23. The van der Waals surface area contributed by atoms with Crippen molar-refractivity contribution in [1.82, 2.24) is 0 Å². The van der Waals surface area contributed by atoms with Crippen LogP contribution in [0.25, 0.3) is 0 Å². The second-order valence-corrected chi connectivity index (χ2v) is 5.64. The molecule has 0 aliphatic carbocycles. The van der Waals surface area contributed by atoms with E-state index in [-0.39, 0.29) is 5.75 Å². The van der Waals surface area contributed by atoms with E-state index >= 15 is 0 Å². The van der Waals surface area contributed by atoms with Crippen molar-refractivity contribution in [3.8, 4) is 5.75 Å². The van der Waals surface area contributed by atoms with E-state index in [1.807, 2.05) is 12.1 Å². The van der Waals surface area contributed by atoms with Gasteiger partial charge in [-0.2, -0.15) is 0 Å². The zero-order chi connectivity index (χ0) is 18.4. The number of benzene rings is 2. The SMILES string of the molecule is CC[C@@H](C)c1ccc(NC(=O)COc2cc(F)ccc2[N+](=O)[O-])cc1. The summed E-state index contributed by atoms with van der Waals surface area (Å²) in [5, 5.41) is 13.5. The molecule has 6 nitrogen and oxygen atoms in total. The highest BCUT2D eigenvalue weighted by Gasteiger charge is 2.17. The Bertz CT molecular complexity index is 762. The smallest absolute Gasteiger partial charge is 0.311 e. The first-order chi connectivity index (χ1) is 11.9. The van der Waals surface area contributed by atoms with Crippen LogP contribution < -0.4 is 10.1 Å². The molecule has 0 bridgehead atoms. The van der Waals surface area contributed by atoms with Crippen LogP contribution in [0, 0.1) is 15.9 Å². The number of carbonyl (C=O) groups excluding carboxylic acids is 1. The standard InChI is InChI=1S/C18H19FN2O4/c1-3-12(2)13-4-7-15(8-5-13)20-18(22)11-25-17-10-14(19)6-9-16(17)21(23)24/h4-10,12H,3,11H2,1-2H3,(H,20,22)/t12-/m1/s1. The number of anilines is 1. The van der Waals surface area contributed by atoms with Crippen molar-refractivity contribution >= 4 is 17.3 Å². The number of ether oxygens (including phenoxy) is 1. The minimum Gasteiger partial charge on any atom is -0.477 e. The molecule has 7 heteroatoms. The van der Waals surface area contributed by atoms with Crippen molar-refractivity contribution in [2.45, 2.75) is 26.2 Å². The van der Waals surface area contributed by atoms with Crippen LogP contribution in [0.3, 0.4) is 0 Å². The summed E-state index contributed by atoms with van der Waals surface area (Å²) in [5.74, 6) is -1.02. The maximum absolute atomic E-state index is 13.2. The van der Waals surface area contributed by atoms with Crippen molar-refractivity contribution in [3.05, 3.63) is 64.0 Å². The van der Waals surface area contributed by atoms with Crippen molar-refractivity contribution in [3.63, 3.8) is 0 Å². The molecule has 2 aromatic carbocycles. The van der Waals surface area contributed by atoms with Gasteiger partial charge in [-0.1, -0.05) is 26.0 Å². The second kappa shape index (κ2) is 8.23. The van der Waals surface area contributed by atoms with Gasteiger partial charge < -0.3 is 10.1 Å². The highest BCUT2D eigenvalue weighted by molar-refractivity contribution is 5.91. The molecule has 0 aliphatic heterocycles. The quantitative estimate of drug-likeness (QED) is 0.600. The van der Waals surface area contributed by atoms with Gasteiger partial charge in [-0.3, -0.25) is 14.9 Å². The van der Waals surface area contributed by atoms with Crippen LogP contribution >= 0.6 is 0 Å². The molecule has 0 unspecified atom stereocenters. The average molecular weight is 346 g/mol. The Morgan fingerprint density at radius 3 is 2.56 bits per heavy atom. The molecule has 25 heavy (non-hydrogen) atoms. The molecular formula is C18H19FN2O4. The predicted molar refractivity (Wildman–Crippen MR) is 92.3 cm³/mol. The largest absolute Gasteiger partial charge is 0.477 e. The van der Waals surface area contributed by atoms with Crippen molar-refractivity contribution in [2.75, 3.05) is 11.9 Å². The molecule has 0 aromatic heterocycles. The number of nitro benzene ring substituents is 1. The Morgan fingerprint density at radius 1 is 1.28 bits per heavy atom. The number of amides is 1. The molecule has 0 heterocycles. The molecule has 132 valence electrons. The maximum atomic E-state index is 13.2. The Kier molecular flexibility index (Phi) is 6.05. The van der Waals surface area contributed by atoms with E-state index < -0.39 is 28.9 Å². The summed E-state index contributed by atoms with van der Waals surface area (Å²) in [6, 6.07) is 10.3. The lowest BCUT2D eigenvalue weighted by Crippen LogP contribution is -2.20. The first-order valence-electron chi connectivity index (χ1n) is 7.87. The van der Waals surface area contributed by atoms with E-state index in [9.17, 15) is 19.3 Å². The number of nitro groups is 1. The summed E-state index contributed by atoms with van der Waals surface area (Å²) >= 11 is 0. The van der Waals surface area contributed by atoms with E-state index in [0.29, 0.717) is 11.6 Å². The predicted octanol–water partition coefficient (Wildman–Crippen LogP) is 4.26. The number of hydrogen-bond acceptors (Lipinski definition) is 4. The summed E-state index contributed by atoms with van der Waals surface area (Å²) < 4.78 is 18.3. The Morgan fingerprint density at radius 2 is 1.96 bits per heavy atom. The third-order valence-corrected chi connectivity index (χ3v) is 3.85. The molecule has 0 saturated heterocycles.